The van der Waals surface area contributed by atoms with E-state index in [1.165, 1.54) is 6.07 Å². The summed E-state index contributed by atoms with van der Waals surface area (Å²) in [5, 5.41) is 20.0. The number of nitrogens with zero attached hydrogens (tertiary/aromatic N) is 3. The van der Waals surface area contributed by atoms with Gasteiger partial charge in [-0.15, -0.1) is 0 Å². The van der Waals surface area contributed by atoms with E-state index in [-0.39, 0.29) is 17.2 Å². The van der Waals surface area contributed by atoms with Crippen molar-refractivity contribution in [3.63, 3.8) is 0 Å². The van der Waals surface area contributed by atoms with Gasteiger partial charge in [-0.05, 0) is 19.9 Å². The zero-order valence-electron chi connectivity index (χ0n) is 11.2. The molecular weight excluding hydrogens is 266 g/mol. The van der Waals surface area contributed by atoms with E-state index in [1.54, 1.807) is 4.90 Å². The Morgan fingerprint density at radius 1 is 1.55 bits per heavy atom. The Kier molecular flexibility index (Phi) is 3.58. The summed E-state index contributed by atoms with van der Waals surface area (Å²) in [6.07, 6.45) is 0. The second kappa shape index (κ2) is 5.04. The Hall–Kier alpha value is -2.22. The summed E-state index contributed by atoms with van der Waals surface area (Å²) in [6, 6.07) is 2.31. The van der Waals surface area contributed by atoms with Gasteiger partial charge in [-0.2, -0.15) is 0 Å². The van der Waals surface area contributed by atoms with Crippen molar-refractivity contribution >= 4 is 17.5 Å². The van der Waals surface area contributed by atoms with E-state index in [1.807, 2.05) is 13.8 Å². The molecule has 1 N–H and O–H groups in total. The van der Waals surface area contributed by atoms with Gasteiger partial charge in [-0.1, -0.05) is 0 Å². The molecule has 1 aromatic rings. The predicted molar refractivity (Wildman–Crippen MR) is 70.1 cm³/mol. The van der Waals surface area contributed by atoms with Gasteiger partial charge < -0.3 is 14.7 Å². The highest BCUT2D eigenvalue weighted by Gasteiger charge is 2.32. The van der Waals surface area contributed by atoms with Crippen molar-refractivity contribution in [2.75, 3.05) is 24.6 Å². The van der Waals surface area contributed by atoms with E-state index in [2.05, 4.69) is 4.98 Å². The van der Waals surface area contributed by atoms with Crippen molar-refractivity contribution in [2.24, 2.45) is 0 Å². The highest BCUT2D eigenvalue weighted by molar-refractivity contribution is 5.86. The van der Waals surface area contributed by atoms with Crippen LogP contribution < -0.4 is 4.90 Å². The Morgan fingerprint density at radius 2 is 2.25 bits per heavy atom. The number of ether oxygens (including phenoxy) is 1. The summed E-state index contributed by atoms with van der Waals surface area (Å²) < 4.78 is 5.54. The lowest BCUT2D eigenvalue weighted by atomic mass is 10.1. The lowest BCUT2D eigenvalue weighted by Gasteiger charge is -2.38. The minimum atomic E-state index is -1.21. The molecule has 1 aromatic heterocycles. The van der Waals surface area contributed by atoms with Crippen LogP contribution in [0.15, 0.2) is 12.1 Å². The summed E-state index contributed by atoms with van der Waals surface area (Å²) in [4.78, 5) is 27.1. The number of aromatic nitrogens is 1. The summed E-state index contributed by atoms with van der Waals surface area (Å²) in [5.41, 5.74) is -0.880. The number of hydrogen-bond donors (Lipinski definition) is 1. The molecule has 2 rings (SSSR count). The van der Waals surface area contributed by atoms with Gasteiger partial charge in [0.15, 0.2) is 5.69 Å². The highest BCUT2D eigenvalue weighted by Crippen LogP contribution is 2.29. The van der Waals surface area contributed by atoms with E-state index in [4.69, 9.17) is 9.84 Å². The van der Waals surface area contributed by atoms with Gasteiger partial charge in [-0.25, -0.2) is 9.78 Å². The number of hydrogen-bond acceptors (Lipinski definition) is 6. The van der Waals surface area contributed by atoms with Gasteiger partial charge in [0.25, 0.3) is 0 Å². The first kappa shape index (κ1) is 14.2. The number of carboxylic acids is 1. The van der Waals surface area contributed by atoms with Crippen LogP contribution in [-0.2, 0) is 4.74 Å². The van der Waals surface area contributed by atoms with Crippen molar-refractivity contribution in [3.05, 3.63) is 27.9 Å². The fraction of sp³-hybridized carbons (Fsp3) is 0.500. The molecule has 1 saturated heterocycles. The maximum absolute atomic E-state index is 11.1. The third kappa shape index (κ3) is 2.85. The number of pyridine rings is 1. The number of rotatable bonds is 3. The number of morpholine rings is 1. The van der Waals surface area contributed by atoms with Crippen LogP contribution in [0.1, 0.15) is 24.3 Å². The molecule has 0 spiro atoms. The average molecular weight is 281 g/mol. The monoisotopic (exact) mass is 281 g/mol. The van der Waals surface area contributed by atoms with Crippen LogP contribution in [0.25, 0.3) is 0 Å². The zero-order chi connectivity index (χ0) is 14.9. The Morgan fingerprint density at radius 3 is 2.80 bits per heavy atom. The van der Waals surface area contributed by atoms with Crippen molar-refractivity contribution < 1.29 is 19.6 Å². The van der Waals surface area contributed by atoms with E-state index in [9.17, 15) is 14.9 Å². The first-order valence-corrected chi connectivity index (χ1v) is 6.08. The molecule has 0 amide bonds. The molecule has 1 aliphatic heterocycles. The topological polar surface area (TPSA) is 106 Å². The average Bonchev–Trinajstić information content (AvgIpc) is 2.36. The van der Waals surface area contributed by atoms with E-state index in [0.717, 1.165) is 6.07 Å². The van der Waals surface area contributed by atoms with Crippen molar-refractivity contribution in [3.8, 4) is 0 Å². The fourth-order valence-electron chi connectivity index (χ4n) is 2.13. The first-order chi connectivity index (χ1) is 9.30. The van der Waals surface area contributed by atoms with Gasteiger partial charge in [0.2, 0.25) is 5.82 Å². The van der Waals surface area contributed by atoms with E-state index < -0.39 is 16.5 Å². The molecule has 8 heteroatoms. The largest absolute Gasteiger partial charge is 0.477 e. The summed E-state index contributed by atoms with van der Waals surface area (Å²) in [7, 11) is 0. The number of carbonyl (C=O) groups is 1. The molecule has 8 nitrogen and oxygen atoms in total. The Bertz CT molecular complexity index is 558. The molecule has 108 valence electrons. The number of anilines is 1. The summed E-state index contributed by atoms with van der Waals surface area (Å²) in [6.45, 7) is 4.98. The molecule has 0 saturated carbocycles. The van der Waals surface area contributed by atoms with Gasteiger partial charge in [0, 0.05) is 19.2 Å². The van der Waals surface area contributed by atoms with Crippen LogP contribution in [0.2, 0.25) is 0 Å². The molecule has 1 aliphatic rings. The lowest BCUT2D eigenvalue weighted by Crippen LogP contribution is -2.48. The fourth-order valence-corrected chi connectivity index (χ4v) is 2.13. The molecule has 0 aromatic carbocycles. The molecule has 0 unspecified atom stereocenters. The second-order valence-electron chi connectivity index (χ2n) is 5.13. The number of aromatic carboxylic acids is 1. The molecule has 0 radical (unpaired) electrons. The molecule has 2 heterocycles. The predicted octanol–water partition coefficient (Wildman–Crippen LogP) is 1.30. The second-order valence-corrected chi connectivity index (χ2v) is 5.13. The SMILES string of the molecule is CC1(C)CN(c2nc(C(=O)O)ccc2[N+](=O)[O-])CCO1. The van der Waals surface area contributed by atoms with Crippen LogP contribution in [0, 0.1) is 10.1 Å². The number of carboxylic acid groups (broad SMARTS) is 1. The maximum Gasteiger partial charge on any atom is 0.354 e. The quantitative estimate of drug-likeness (QED) is 0.657. The lowest BCUT2D eigenvalue weighted by molar-refractivity contribution is -0.384. The standard InChI is InChI=1S/C12H15N3O5/c1-12(2)7-14(5-6-20-12)10-9(15(18)19)4-3-8(13-10)11(16)17/h3-4H,5-7H2,1-2H3,(H,16,17). The van der Waals surface area contributed by atoms with Gasteiger partial charge in [-0.3, -0.25) is 10.1 Å². The van der Waals surface area contributed by atoms with Crippen LogP contribution in [0.3, 0.4) is 0 Å². The normalized spacial score (nSPS) is 17.8. The maximum atomic E-state index is 11.1. The smallest absolute Gasteiger partial charge is 0.354 e. The summed E-state index contributed by atoms with van der Waals surface area (Å²) in [5.74, 6) is -1.14. The van der Waals surface area contributed by atoms with Crippen LogP contribution in [0.4, 0.5) is 11.5 Å². The molecule has 0 aliphatic carbocycles. The van der Waals surface area contributed by atoms with Gasteiger partial charge in [0.1, 0.15) is 0 Å². The van der Waals surface area contributed by atoms with E-state index in [0.29, 0.717) is 19.7 Å². The van der Waals surface area contributed by atoms with Crippen molar-refractivity contribution in [1.29, 1.82) is 0 Å². The molecule has 0 atom stereocenters. The van der Waals surface area contributed by atoms with Crippen molar-refractivity contribution in [1.82, 2.24) is 4.98 Å². The third-order valence-electron chi connectivity index (χ3n) is 3.00. The highest BCUT2D eigenvalue weighted by atomic mass is 16.6. The van der Waals surface area contributed by atoms with Crippen LogP contribution >= 0.6 is 0 Å². The first-order valence-electron chi connectivity index (χ1n) is 6.08. The van der Waals surface area contributed by atoms with E-state index >= 15 is 0 Å². The molecular formula is C12H15N3O5. The number of nitro groups is 1. The van der Waals surface area contributed by atoms with Crippen molar-refractivity contribution in [2.45, 2.75) is 19.4 Å². The van der Waals surface area contributed by atoms with Gasteiger partial charge in [0.05, 0.1) is 17.1 Å². The minimum Gasteiger partial charge on any atom is -0.477 e. The molecule has 0 bridgehead atoms. The van der Waals surface area contributed by atoms with Gasteiger partial charge >= 0.3 is 11.7 Å². The Labute approximate surface area is 115 Å². The third-order valence-corrected chi connectivity index (χ3v) is 3.00. The van der Waals surface area contributed by atoms with Crippen LogP contribution in [0.5, 0.6) is 0 Å². The van der Waals surface area contributed by atoms with Crippen LogP contribution in [-0.4, -0.2) is 46.3 Å². The molecule has 1 fully saturated rings. The summed E-state index contributed by atoms with van der Waals surface area (Å²) >= 11 is 0. The zero-order valence-corrected chi connectivity index (χ0v) is 11.2. The Balaban J connectivity index is 2.44. The molecule has 20 heavy (non-hydrogen) atoms. The minimum absolute atomic E-state index is 0.0753.